The third-order valence-electron chi connectivity index (χ3n) is 16.2. The smallest absolute Gasteiger partial charge is 0.406 e. The van der Waals surface area contributed by atoms with Crippen molar-refractivity contribution in [1.29, 1.82) is 0 Å². The topological polar surface area (TPSA) is 137 Å². The van der Waals surface area contributed by atoms with E-state index < -0.39 is 18.1 Å². The highest BCUT2D eigenvalue weighted by Gasteiger charge is 2.34. The number of halogens is 6. The Morgan fingerprint density at radius 3 is 1.47 bits per heavy atom. The largest absolute Gasteiger partial charge is 0.573 e. The van der Waals surface area contributed by atoms with Gasteiger partial charge in [-0.1, -0.05) is 66.7 Å². The Morgan fingerprint density at radius 2 is 1.00 bits per heavy atom. The number of carbonyl (C=O) groups is 2. The van der Waals surface area contributed by atoms with Crippen molar-refractivity contribution in [2.45, 2.75) is 97.8 Å². The molecule has 0 aliphatic carbocycles. The van der Waals surface area contributed by atoms with Crippen molar-refractivity contribution in [1.82, 2.24) is 48.8 Å². The number of pyridine rings is 2. The van der Waals surface area contributed by atoms with Gasteiger partial charge in [-0.2, -0.15) is 13.2 Å². The highest BCUT2D eigenvalue weighted by Crippen LogP contribution is 2.40. The fourth-order valence-electron chi connectivity index (χ4n) is 11.7. The Balaban J connectivity index is 0.000000182. The van der Waals surface area contributed by atoms with E-state index in [4.69, 9.17) is 19.9 Å². The highest BCUT2D eigenvalue weighted by atomic mass is 32.1. The van der Waals surface area contributed by atoms with Crippen LogP contribution in [0.5, 0.6) is 5.75 Å². The van der Waals surface area contributed by atoms with Gasteiger partial charge in [0.1, 0.15) is 28.5 Å². The Morgan fingerprint density at radius 1 is 0.534 bits per heavy atom. The molecule has 0 bridgehead atoms. The van der Waals surface area contributed by atoms with Crippen LogP contribution in [-0.4, -0.2) is 93.2 Å². The Kier molecular flexibility index (Phi) is 17.9. The number of amides is 2. The van der Waals surface area contributed by atoms with Crippen molar-refractivity contribution in [2.75, 3.05) is 26.2 Å². The van der Waals surface area contributed by atoms with Gasteiger partial charge in [0.2, 0.25) is 0 Å². The molecule has 0 unspecified atom stereocenters. The van der Waals surface area contributed by atoms with E-state index in [1.54, 1.807) is 77.5 Å². The van der Waals surface area contributed by atoms with Crippen molar-refractivity contribution >= 4 is 34.5 Å². The van der Waals surface area contributed by atoms with Crippen LogP contribution in [0.15, 0.2) is 151 Å². The standard InChI is InChI=1S/C34H32F3N5O2S.C33H30F3N5OS/c1-4-42-22(3)30(27-10-5-6-17-38-27)40-31(42)28-20-45-32(39-28)24-15-18-41(19-16-24)33(43)26-9-7-8-21(2)29(26)23-11-13-25(14-12-23)44-34(35,36)37;1-3-41-21(2)29(27-10-6-7-17-37-27)39-30(41)28-20-43-31(38-28)23-15-18-40(19-16-23)32(42)26-9-5-4-8-25(26)22-11-13-24(14-12-22)33(34,35)36/h5-14,17,20,24H,4,15-16,18-19H2,1-3H3;4-14,17,20,23H,3,15-16,18-19H2,1-2H3. The van der Waals surface area contributed by atoms with Crippen molar-refractivity contribution in [3.8, 4) is 73.8 Å². The fraction of sp³-hybridized carbons (Fsp3) is 0.284. The summed E-state index contributed by atoms with van der Waals surface area (Å²) < 4.78 is 85.5. The average Bonchev–Trinajstić information content (AvgIpc) is 1.87. The molecule has 0 radical (unpaired) electrons. The number of likely N-dealkylation sites (tertiary alicyclic amines) is 2. The zero-order chi connectivity index (χ0) is 61.9. The molecule has 12 rings (SSSR count). The molecule has 0 spiro atoms. The van der Waals surface area contributed by atoms with Gasteiger partial charge in [-0.25, -0.2) is 19.9 Å². The number of thiazole rings is 2. The van der Waals surface area contributed by atoms with Gasteiger partial charge in [0.05, 0.1) is 27.0 Å². The van der Waals surface area contributed by atoms with Gasteiger partial charge in [0, 0.05) is 96.8 Å². The SMILES string of the molecule is CCn1c(-c2csc(C3CCN(C(=O)c4cccc(C)c4-c4ccc(OC(F)(F)F)cc4)CC3)n2)nc(-c2ccccn2)c1C.CCn1c(-c2csc(C3CCN(C(=O)c4ccccc4-c4ccc(C(F)(F)F)cc4)CC3)n2)nc(-c2ccccn2)c1C. The van der Waals surface area contributed by atoms with Crippen molar-refractivity contribution in [3.63, 3.8) is 0 Å². The first-order valence-electron chi connectivity index (χ1n) is 29.1. The van der Waals surface area contributed by atoms with E-state index in [0.717, 1.165) is 124 Å². The number of benzene rings is 4. The molecule has 0 atom stereocenters. The van der Waals surface area contributed by atoms with Gasteiger partial charge < -0.3 is 23.7 Å². The molecule has 2 aliphatic rings. The molecule has 4 aromatic carbocycles. The number of carbonyl (C=O) groups excluding carboxylic acids is 2. The molecule has 2 aliphatic heterocycles. The summed E-state index contributed by atoms with van der Waals surface area (Å²) in [7, 11) is 0. The van der Waals surface area contributed by atoms with E-state index in [1.165, 1.54) is 24.3 Å². The predicted octanol–water partition coefficient (Wildman–Crippen LogP) is 16.4. The molecule has 2 amide bonds. The van der Waals surface area contributed by atoms with Gasteiger partial charge >= 0.3 is 12.5 Å². The maximum Gasteiger partial charge on any atom is 0.573 e. The van der Waals surface area contributed by atoms with Crippen LogP contribution in [0.1, 0.15) is 105 Å². The molecule has 13 nitrogen and oxygen atoms in total. The minimum atomic E-state index is -4.77. The zero-order valence-corrected chi connectivity index (χ0v) is 50.6. The van der Waals surface area contributed by atoms with Gasteiger partial charge in [-0.3, -0.25) is 19.6 Å². The maximum absolute atomic E-state index is 13.8. The van der Waals surface area contributed by atoms with Crippen LogP contribution in [0, 0.1) is 20.8 Å². The summed E-state index contributed by atoms with van der Waals surface area (Å²) in [5, 5.41) is 6.20. The number of aromatic nitrogens is 8. The summed E-state index contributed by atoms with van der Waals surface area (Å²) in [5.74, 6) is 1.61. The molecule has 0 saturated carbocycles. The predicted molar refractivity (Wildman–Crippen MR) is 330 cm³/mol. The minimum Gasteiger partial charge on any atom is -0.406 e. The molecule has 6 aromatic heterocycles. The lowest BCUT2D eigenvalue weighted by atomic mass is 9.92. The summed E-state index contributed by atoms with van der Waals surface area (Å²) >= 11 is 3.25. The van der Waals surface area contributed by atoms with Crippen LogP contribution in [0.4, 0.5) is 26.3 Å². The normalized spacial score (nSPS) is 14.2. The number of rotatable bonds is 13. The quantitative estimate of drug-likeness (QED) is 0.103. The number of hydrogen-bond acceptors (Lipinski definition) is 11. The van der Waals surface area contributed by atoms with Crippen molar-refractivity contribution in [3.05, 3.63) is 194 Å². The molecular formula is C67H62F6N10O3S2. The third-order valence-corrected chi connectivity index (χ3v) is 18.2. The molecule has 0 N–H and O–H groups in total. The summed E-state index contributed by atoms with van der Waals surface area (Å²) in [6, 6.07) is 34.8. The summed E-state index contributed by atoms with van der Waals surface area (Å²) in [6.45, 7) is 14.0. The first-order chi connectivity index (χ1) is 42.4. The number of alkyl halides is 6. The molecule has 2 fully saturated rings. The first-order valence-corrected chi connectivity index (χ1v) is 30.8. The molecule has 2 saturated heterocycles. The molecular weight excluding hydrogens is 1170 g/mol. The molecule has 8 heterocycles. The van der Waals surface area contributed by atoms with Gasteiger partial charge in [-0.05, 0) is 149 Å². The first kappa shape index (κ1) is 60.9. The number of ether oxygens (including phenoxy) is 1. The second kappa shape index (κ2) is 25.9. The molecule has 88 heavy (non-hydrogen) atoms. The molecule has 10 aromatic rings. The maximum atomic E-state index is 13.8. The fourth-order valence-corrected chi connectivity index (χ4v) is 13.6. The van der Waals surface area contributed by atoms with Crippen LogP contribution < -0.4 is 4.74 Å². The minimum absolute atomic E-state index is 0.0925. The second-order valence-corrected chi connectivity index (χ2v) is 23.4. The van der Waals surface area contributed by atoms with E-state index in [0.29, 0.717) is 59.6 Å². The lowest BCUT2D eigenvalue weighted by Gasteiger charge is -2.32. The number of piperidine rings is 2. The lowest BCUT2D eigenvalue weighted by molar-refractivity contribution is -0.274. The van der Waals surface area contributed by atoms with E-state index in [-0.39, 0.29) is 29.4 Å². The Hall–Kier alpha value is -8.82. The summed E-state index contributed by atoms with van der Waals surface area (Å²) in [6.07, 6.45) is -2.51. The Labute approximate surface area is 513 Å². The average molecular weight is 1230 g/mol. The lowest BCUT2D eigenvalue weighted by Crippen LogP contribution is -2.38. The van der Waals surface area contributed by atoms with Gasteiger partial charge in [-0.15, -0.1) is 35.8 Å². The number of nitrogens with zero attached hydrogens (tertiary/aromatic N) is 10. The van der Waals surface area contributed by atoms with Crippen LogP contribution >= 0.6 is 22.7 Å². The molecule has 452 valence electrons. The zero-order valence-electron chi connectivity index (χ0n) is 48.9. The Bertz CT molecular complexity index is 4070. The number of aryl methyl sites for hydroxylation is 1. The number of imidazole rings is 2. The second-order valence-electron chi connectivity index (χ2n) is 21.6. The third kappa shape index (κ3) is 13.1. The summed E-state index contributed by atoms with van der Waals surface area (Å²) in [4.78, 5) is 59.9. The van der Waals surface area contributed by atoms with Gasteiger partial charge in [0.15, 0.2) is 11.6 Å². The van der Waals surface area contributed by atoms with Crippen molar-refractivity contribution < 1.29 is 40.7 Å². The van der Waals surface area contributed by atoms with E-state index >= 15 is 0 Å². The van der Waals surface area contributed by atoms with Crippen LogP contribution in [0.2, 0.25) is 0 Å². The van der Waals surface area contributed by atoms with Crippen LogP contribution in [0.3, 0.4) is 0 Å². The van der Waals surface area contributed by atoms with E-state index in [1.807, 2.05) is 65.3 Å². The number of hydrogen-bond donors (Lipinski definition) is 0. The van der Waals surface area contributed by atoms with Crippen LogP contribution in [-0.2, 0) is 19.3 Å². The monoisotopic (exact) mass is 1230 g/mol. The van der Waals surface area contributed by atoms with Crippen molar-refractivity contribution in [2.24, 2.45) is 0 Å². The van der Waals surface area contributed by atoms with Crippen LogP contribution in [0.25, 0.3) is 68.1 Å². The van der Waals surface area contributed by atoms with E-state index in [2.05, 4.69) is 62.3 Å². The van der Waals surface area contributed by atoms with E-state index in [9.17, 15) is 35.9 Å². The molecule has 21 heteroatoms. The summed E-state index contributed by atoms with van der Waals surface area (Å²) in [5.41, 5.74) is 10.9. The highest BCUT2D eigenvalue weighted by molar-refractivity contribution is 7.10. The van der Waals surface area contributed by atoms with Gasteiger partial charge in [0.25, 0.3) is 11.8 Å².